The van der Waals surface area contributed by atoms with E-state index >= 15 is 0 Å². The molecule has 0 aromatic rings. The summed E-state index contributed by atoms with van der Waals surface area (Å²) in [5.41, 5.74) is 0. The average Bonchev–Trinajstić information content (AvgIpc) is 2.13. The zero-order valence-electron chi connectivity index (χ0n) is 8.01. The lowest BCUT2D eigenvalue weighted by Crippen LogP contribution is -2.57. The van der Waals surface area contributed by atoms with Gasteiger partial charge in [-0.05, 0) is 6.92 Å². The maximum atomic E-state index is 9.57. The van der Waals surface area contributed by atoms with E-state index in [4.69, 9.17) is 14.2 Å². The second-order valence-corrected chi connectivity index (χ2v) is 3.13. The van der Waals surface area contributed by atoms with Crippen LogP contribution in [0.1, 0.15) is 6.92 Å². The van der Waals surface area contributed by atoms with Crippen LogP contribution in [0.25, 0.3) is 0 Å². The molecule has 0 aliphatic carbocycles. The molecule has 0 aromatic carbocycles. The minimum Gasteiger partial charge on any atom is -0.388 e. The van der Waals surface area contributed by atoms with Gasteiger partial charge in [0.15, 0.2) is 6.29 Å². The third kappa shape index (κ3) is 2.00. The van der Waals surface area contributed by atoms with Gasteiger partial charge < -0.3 is 24.4 Å². The van der Waals surface area contributed by atoms with Crippen LogP contribution in [0.3, 0.4) is 0 Å². The van der Waals surface area contributed by atoms with Gasteiger partial charge in [0.1, 0.15) is 18.3 Å². The van der Waals surface area contributed by atoms with Crippen molar-refractivity contribution in [2.24, 2.45) is 0 Å². The molecule has 5 nitrogen and oxygen atoms in total. The molecule has 2 N–H and O–H groups in total. The van der Waals surface area contributed by atoms with Gasteiger partial charge in [-0.15, -0.1) is 0 Å². The number of ether oxygens (including phenoxy) is 3. The first-order valence-corrected chi connectivity index (χ1v) is 4.19. The molecular formula is C8H16O5. The summed E-state index contributed by atoms with van der Waals surface area (Å²) in [4.78, 5) is 0. The maximum absolute atomic E-state index is 9.57. The number of aliphatic hydroxyl groups excluding tert-OH is 2. The molecule has 1 rings (SSSR count). The molecular weight excluding hydrogens is 176 g/mol. The molecule has 1 unspecified atom stereocenters. The van der Waals surface area contributed by atoms with Crippen LogP contribution in [0.4, 0.5) is 0 Å². The Bertz CT molecular complexity index is 161. The Kier molecular flexibility index (Phi) is 3.63. The Balaban J connectivity index is 2.69. The van der Waals surface area contributed by atoms with Crippen molar-refractivity contribution >= 4 is 0 Å². The first-order valence-electron chi connectivity index (χ1n) is 4.19. The van der Waals surface area contributed by atoms with Crippen molar-refractivity contribution in [3.8, 4) is 0 Å². The first kappa shape index (κ1) is 10.9. The highest BCUT2D eigenvalue weighted by molar-refractivity contribution is 4.87. The lowest BCUT2D eigenvalue weighted by Gasteiger charge is -2.39. The first-order chi connectivity index (χ1) is 6.11. The van der Waals surface area contributed by atoms with E-state index in [0.29, 0.717) is 0 Å². The lowest BCUT2D eigenvalue weighted by atomic mass is 10.00. The molecule has 1 aliphatic heterocycles. The highest BCUT2D eigenvalue weighted by Gasteiger charge is 2.43. The fraction of sp³-hybridized carbons (Fsp3) is 1.00. The number of rotatable bonds is 2. The Labute approximate surface area is 77.2 Å². The van der Waals surface area contributed by atoms with Gasteiger partial charge in [-0.3, -0.25) is 0 Å². The highest BCUT2D eigenvalue weighted by Crippen LogP contribution is 2.22. The van der Waals surface area contributed by atoms with E-state index in [2.05, 4.69) is 0 Å². The molecule has 5 atom stereocenters. The van der Waals surface area contributed by atoms with Crippen LogP contribution in [0.15, 0.2) is 0 Å². The van der Waals surface area contributed by atoms with Crippen LogP contribution in [-0.4, -0.2) is 55.1 Å². The number of hydrogen-bond acceptors (Lipinski definition) is 5. The average molecular weight is 192 g/mol. The van der Waals surface area contributed by atoms with Gasteiger partial charge in [-0.1, -0.05) is 0 Å². The Morgan fingerprint density at radius 2 is 1.69 bits per heavy atom. The van der Waals surface area contributed by atoms with Gasteiger partial charge >= 0.3 is 0 Å². The van der Waals surface area contributed by atoms with Gasteiger partial charge in [0.2, 0.25) is 0 Å². The standard InChI is InChI=1S/C8H16O5/c1-4-5(9)6(10)7(11-2)8(12-3)13-4/h4-10H,1-3H3/t4-,5-,6+,7+,8?/m0/s1. The summed E-state index contributed by atoms with van der Waals surface area (Å²) in [6.07, 6.45) is -3.63. The number of methoxy groups -OCH3 is 2. The molecule has 1 heterocycles. The topological polar surface area (TPSA) is 68.2 Å². The fourth-order valence-corrected chi connectivity index (χ4v) is 1.44. The van der Waals surface area contributed by atoms with Crippen molar-refractivity contribution < 1.29 is 24.4 Å². The fourth-order valence-electron chi connectivity index (χ4n) is 1.44. The summed E-state index contributed by atoms with van der Waals surface area (Å²) in [5, 5.41) is 19.0. The van der Waals surface area contributed by atoms with E-state index in [9.17, 15) is 10.2 Å². The summed E-state index contributed by atoms with van der Waals surface area (Å²) in [6, 6.07) is 0. The van der Waals surface area contributed by atoms with Gasteiger partial charge in [0, 0.05) is 14.2 Å². The highest BCUT2D eigenvalue weighted by atomic mass is 16.7. The van der Waals surface area contributed by atoms with E-state index in [-0.39, 0.29) is 0 Å². The summed E-state index contributed by atoms with van der Waals surface area (Å²) in [5.74, 6) is 0. The van der Waals surface area contributed by atoms with Gasteiger partial charge in [0.25, 0.3) is 0 Å². The van der Waals surface area contributed by atoms with E-state index in [1.165, 1.54) is 14.2 Å². The zero-order chi connectivity index (χ0) is 10.0. The van der Waals surface area contributed by atoms with E-state index in [1.54, 1.807) is 6.92 Å². The Morgan fingerprint density at radius 3 is 2.15 bits per heavy atom. The normalized spacial score (nSPS) is 46.4. The summed E-state index contributed by atoms with van der Waals surface area (Å²) in [6.45, 7) is 1.67. The van der Waals surface area contributed by atoms with Crippen molar-refractivity contribution in [2.45, 2.75) is 37.6 Å². The summed E-state index contributed by atoms with van der Waals surface area (Å²) < 4.78 is 15.2. The van der Waals surface area contributed by atoms with Crippen molar-refractivity contribution in [3.05, 3.63) is 0 Å². The van der Waals surface area contributed by atoms with Crippen molar-refractivity contribution in [1.29, 1.82) is 0 Å². The molecule has 0 saturated carbocycles. The molecule has 1 fully saturated rings. The van der Waals surface area contributed by atoms with Crippen molar-refractivity contribution in [2.75, 3.05) is 14.2 Å². The number of aliphatic hydroxyl groups is 2. The predicted octanol–water partition coefficient (Wildman–Crippen LogP) is -0.886. The van der Waals surface area contributed by atoms with E-state index in [1.807, 2.05) is 0 Å². The SMILES string of the molecule is COC1O[C@@H](C)[C@H](O)[C@@H](O)[C@H]1OC. The predicted molar refractivity (Wildman–Crippen MR) is 44.2 cm³/mol. The van der Waals surface area contributed by atoms with Crippen LogP contribution in [0.5, 0.6) is 0 Å². The van der Waals surface area contributed by atoms with Crippen LogP contribution in [-0.2, 0) is 14.2 Å². The van der Waals surface area contributed by atoms with E-state index in [0.717, 1.165) is 0 Å². The smallest absolute Gasteiger partial charge is 0.186 e. The molecule has 1 aliphatic rings. The molecule has 0 spiro atoms. The van der Waals surface area contributed by atoms with Crippen LogP contribution >= 0.6 is 0 Å². The second-order valence-electron chi connectivity index (χ2n) is 3.13. The van der Waals surface area contributed by atoms with Gasteiger partial charge in [-0.25, -0.2) is 0 Å². The van der Waals surface area contributed by atoms with Crippen LogP contribution in [0, 0.1) is 0 Å². The van der Waals surface area contributed by atoms with Crippen molar-refractivity contribution in [1.82, 2.24) is 0 Å². The molecule has 0 bridgehead atoms. The molecule has 13 heavy (non-hydrogen) atoms. The molecule has 1 saturated heterocycles. The number of hydrogen-bond donors (Lipinski definition) is 2. The monoisotopic (exact) mass is 192 g/mol. The third-order valence-corrected chi connectivity index (χ3v) is 2.29. The molecule has 0 radical (unpaired) electrons. The maximum Gasteiger partial charge on any atom is 0.186 e. The van der Waals surface area contributed by atoms with Gasteiger partial charge in [-0.2, -0.15) is 0 Å². The van der Waals surface area contributed by atoms with Gasteiger partial charge in [0.05, 0.1) is 6.10 Å². The Hall–Kier alpha value is -0.200. The van der Waals surface area contributed by atoms with Crippen LogP contribution in [0.2, 0.25) is 0 Å². The quantitative estimate of drug-likeness (QED) is 0.594. The zero-order valence-corrected chi connectivity index (χ0v) is 8.01. The molecule has 78 valence electrons. The Morgan fingerprint density at radius 1 is 1.08 bits per heavy atom. The molecule has 0 amide bonds. The minimum absolute atomic E-state index is 0.452. The van der Waals surface area contributed by atoms with Crippen LogP contribution < -0.4 is 0 Å². The second kappa shape index (κ2) is 4.34. The molecule has 0 aromatic heterocycles. The third-order valence-electron chi connectivity index (χ3n) is 2.29. The minimum atomic E-state index is -0.973. The van der Waals surface area contributed by atoms with Crippen molar-refractivity contribution in [3.63, 3.8) is 0 Å². The largest absolute Gasteiger partial charge is 0.388 e. The molecule has 5 heteroatoms. The summed E-state index contributed by atoms with van der Waals surface area (Å²) in [7, 11) is 2.90. The van der Waals surface area contributed by atoms with E-state index < -0.39 is 30.7 Å². The summed E-state index contributed by atoms with van der Waals surface area (Å²) >= 11 is 0. The lowest BCUT2D eigenvalue weighted by molar-refractivity contribution is -0.291.